The summed E-state index contributed by atoms with van der Waals surface area (Å²) in [5.41, 5.74) is 2.65. The molecule has 0 bridgehead atoms. The third kappa shape index (κ3) is 3.96. The highest BCUT2D eigenvalue weighted by Crippen LogP contribution is 2.05. The smallest absolute Gasteiger partial charge is 0.208 e. The number of hydrogen-bond donors (Lipinski definition) is 2. The normalized spacial score (nSPS) is 24.4. The molecule has 0 radical (unpaired) electrons. The topological polar surface area (TPSA) is 72.1 Å². The van der Waals surface area contributed by atoms with E-state index in [1.165, 1.54) is 0 Å². The second-order valence-corrected chi connectivity index (χ2v) is 4.03. The summed E-state index contributed by atoms with van der Waals surface area (Å²) in [7, 11) is 1.67. The zero-order chi connectivity index (χ0) is 12.0. The van der Waals surface area contributed by atoms with Gasteiger partial charge < -0.3 is 14.4 Å². The predicted octanol–water partition coefficient (Wildman–Crippen LogP) is -0.439. The minimum atomic E-state index is 0.0919. The minimum absolute atomic E-state index is 0.0919. The van der Waals surface area contributed by atoms with Crippen LogP contribution in [0.15, 0.2) is 4.99 Å². The summed E-state index contributed by atoms with van der Waals surface area (Å²) in [6.45, 7) is 6.95. The Morgan fingerprint density at radius 2 is 2.50 bits per heavy atom. The molecule has 6 nitrogen and oxygen atoms in total. The fraction of sp³-hybridized carbons (Fsp3) is 0.900. The van der Waals surface area contributed by atoms with Crippen LogP contribution in [0.4, 0.5) is 0 Å². The SMILES string of the molecule is COCC(C)N=C(NN)N1CCOC(C)C1. The van der Waals surface area contributed by atoms with Crippen LogP contribution in [-0.2, 0) is 9.47 Å². The number of ether oxygens (including phenoxy) is 2. The third-order valence-electron chi connectivity index (χ3n) is 2.42. The minimum Gasteiger partial charge on any atom is -0.382 e. The molecule has 0 saturated carbocycles. The van der Waals surface area contributed by atoms with Gasteiger partial charge in [0.25, 0.3) is 0 Å². The Labute approximate surface area is 96.8 Å². The highest BCUT2D eigenvalue weighted by atomic mass is 16.5. The van der Waals surface area contributed by atoms with Crippen molar-refractivity contribution < 1.29 is 9.47 Å². The molecular formula is C10H22N4O2. The molecule has 6 heteroatoms. The van der Waals surface area contributed by atoms with Gasteiger partial charge in [-0.05, 0) is 13.8 Å². The maximum absolute atomic E-state index is 5.49. The summed E-state index contributed by atoms with van der Waals surface area (Å²) in [4.78, 5) is 6.57. The maximum atomic E-state index is 5.49. The first kappa shape index (κ1) is 13.2. The van der Waals surface area contributed by atoms with E-state index in [9.17, 15) is 0 Å². The summed E-state index contributed by atoms with van der Waals surface area (Å²) in [6.07, 6.45) is 0.213. The number of rotatable bonds is 3. The van der Waals surface area contributed by atoms with Gasteiger partial charge in [0, 0.05) is 20.2 Å². The number of guanidine groups is 1. The molecular weight excluding hydrogens is 208 g/mol. The Balaban J connectivity index is 2.57. The Morgan fingerprint density at radius 3 is 3.06 bits per heavy atom. The van der Waals surface area contributed by atoms with E-state index in [0.29, 0.717) is 19.2 Å². The van der Waals surface area contributed by atoms with Gasteiger partial charge in [0.05, 0.1) is 25.4 Å². The van der Waals surface area contributed by atoms with Crippen molar-refractivity contribution in [2.75, 3.05) is 33.4 Å². The number of nitrogens with zero attached hydrogens (tertiary/aromatic N) is 2. The standard InChI is InChI=1S/C10H22N4O2/c1-8(7-15-3)12-10(13-11)14-4-5-16-9(2)6-14/h8-9H,4-7,11H2,1-3H3,(H,12,13). The van der Waals surface area contributed by atoms with Crippen LogP contribution in [0.25, 0.3) is 0 Å². The zero-order valence-electron chi connectivity index (χ0n) is 10.3. The molecule has 1 aliphatic rings. The number of aliphatic imine (C=N–C) groups is 1. The van der Waals surface area contributed by atoms with Gasteiger partial charge in [-0.25, -0.2) is 10.8 Å². The van der Waals surface area contributed by atoms with Crippen LogP contribution in [0, 0.1) is 0 Å². The number of hydrazine groups is 1. The van der Waals surface area contributed by atoms with Crippen molar-refractivity contribution in [3.8, 4) is 0 Å². The second-order valence-electron chi connectivity index (χ2n) is 4.03. The van der Waals surface area contributed by atoms with Crippen LogP contribution >= 0.6 is 0 Å². The summed E-state index contributed by atoms with van der Waals surface area (Å²) < 4.78 is 10.5. The second kappa shape index (κ2) is 6.67. The summed E-state index contributed by atoms with van der Waals surface area (Å²) in [5, 5.41) is 0. The van der Waals surface area contributed by atoms with Gasteiger partial charge in [-0.3, -0.25) is 5.43 Å². The van der Waals surface area contributed by atoms with Gasteiger partial charge in [-0.15, -0.1) is 0 Å². The third-order valence-corrected chi connectivity index (χ3v) is 2.42. The first-order valence-corrected chi connectivity index (χ1v) is 5.57. The van der Waals surface area contributed by atoms with Crippen molar-refractivity contribution in [2.24, 2.45) is 10.8 Å². The summed E-state index contributed by atoms with van der Waals surface area (Å²) >= 11 is 0. The van der Waals surface area contributed by atoms with Crippen LogP contribution in [0.3, 0.4) is 0 Å². The molecule has 94 valence electrons. The average Bonchev–Trinajstić information content (AvgIpc) is 2.26. The zero-order valence-corrected chi connectivity index (χ0v) is 10.3. The lowest BCUT2D eigenvalue weighted by Crippen LogP contribution is -2.52. The molecule has 3 N–H and O–H groups in total. The summed E-state index contributed by atoms with van der Waals surface area (Å²) in [6, 6.07) is 0.0919. The molecule has 1 rings (SSSR count). The quantitative estimate of drug-likeness (QED) is 0.298. The molecule has 1 saturated heterocycles. The van der Waals surface area contributed by atoms with E-state index in [2.05, 4.69) is 15.3 Å². The first-order chi connectivity index (χ1) is 7.67. The highest BCUT2D eigenvalue weighted by molar-refractivity contribution is 5.79. The molecule has 1 fully saturated rings. The van der Waals surface area contributed by atoms with E-state index in [1.54, 1.807) is 7.11 Å². The monoisotopic (exact) mass is 230 g/mol. The molecule has 0 aromatic rings. The molecule has 0 aliphatic carbocycles. The van der Waals surface area contributed by atoms with E-state index < -0.39 is 0 Å². The molecule has 0 aromatic carbocycles. The van der Waals surface area contributed by atoms with Gasteiger partial charge in [0.15, 0.2) is 0 Å². The number of morpholine rings is 1. The van der Waals surface area contributed by atoms with Crippen LogP contribution in [0.1, 0.15) is 13.8 Å². The molecule has 0 amide bonds. The fourth-order valence-corrected chi connectivity index (χ4v) is 1.71. The van der Waals surface area contributed by atoms with E-state index in [-0.39, 0.29) is 12.1 Å². The van der Waals surface area contributed by atoms with Crippen LogP contribution in [-0.4, -0.2) is 56.4 Å². The average molecular weight is 230 g/mol. The molecule has 1 heterocycles. The van der Waals surface area contributed by atoms with Crippen molar-refractivity contribution >= 4 is 5.96 Å². The van der Waals surface area contributed by atoms with Crippen molar-refractivity contribution in [3.63, 3.8) is 0 Å². The lowest BCUT2D eigenvalue weighted by atomic mass is 10.3. The predicted molar refractivity (Wildman–Crippen MR) is 63.1 cm³/mol. The van der Waals surface area contributed by atoms with E-state index >= 15 is 0 Å². The Morgan fingerprint density at radius 1 is 1.75 bits per heavy atom. The largest absolute Gasteiger partial charge is 0.382 e. The van der Waals surface area contributed by atoms with Gasteiger partial charge in [-0.1, -0.05) is 0 Å². The molecule has 1 aliphatic heterocycles. The fourth-order valence-electron chi connectivity index (χ4n) is 1.71. The molecule has 0 spiro atoms. The number of nitrogens with one attached hydrogen (secondary N) is 1. The number of nitrogens with two attached hydrogens (primary N) is 1. The van der Waals surface area contributed by atoms with E-state index in [1.807, 2.05) is 13.8 Å². The lowest BCUT2D eigenvalue weighted by molar-refractivity contribution is 0.00443. The Hall–Kier alpha value is -0.850. The van der Waals surface area contributed by atoms with Crippen molar-refractivity contribution in [2.45, 2.75) is 26.0 Å². The van der Waals surface area contributed by atoms with Crippen LogP contribution in [0.2, 0.25) is 0 Å². The van der Waals surface area contributed by atoms with Crippen molar-refractivity contribution in [1.29, 1.82) is 0 Å². The molecule has 2 atom stereocenters. The Kier molecular flexibility index (Phi) is 5.51. The maximum Gasteiger partial charge on any atom is 0.208 e. The van der Waals surface area contributed by atoms with E-state index in [0.717, 1.165) is 13.1 Å². The first-order valence-electron chi connectivity index (χ1n) is 5.57. The molecule has 2 unspecified atom stereocenters. The van der Waals surface area contributed by atoms with Gasteiger partial charge in [-0.2, -0.15) is 0 Å². The van der Waals surface area contributed by atoms with Gasteiger partial charge in [0.2, 0.25) is 5.96 Å². The van der Waals surface area contributed by atoms with E-state index in [4.69, 9.17) is 15.3 Å². The van der Waals surface area contributed by atoms with Gasteiger partial charge >= 0.3 is 0 Å². The number of hydrogen-bond acceptors (Lipinski definition) is 4. The molecule has 16 heavy (non-hydrogen) atoms. The van der Waals surface area contributed by atoms with Crippen LogP contribution in [0.5, 0.6) is 0 Å². The van der Waals surface area contributed by atoms with Crippen LogP contribution < -0.4 is 11.3 Å². The Bertz CT molecular complexity index is 235. The van der Waals surface area contributed by atoms with Gasteiger partial charge in [0.1, 0.15) is 0 Å². The lowest BCUT2D eigenvalue weighted by Gasteiger charge is -2.33. The highest BCUT2D eigenvalue weighted by Gasteiger charge is 2.19. The van der Waals surface area contributed by atoms with Crippen molar-refractivity contribution in [1.82, 2.24) is 10.3 Å². The number of methoxy groups -OCH3 is 1. The van der Waals surface area contributed by atoms with Crippen molar-refractivity contribution in [3.05, 3.63) is 0 Å². The summed E-state index contributed by atoms with van der Waals surface area (Å²) in [5.74, 6) is 6.20. The molecule has 0 aromatic heterocycles.